The second-order valence-corrected chi connectivity index (χ2v) is 5.04. The van der Waals surface area contributed by atoms with Gasteiger partial charge in [0.25, 0.3) is 0 Å². The van der Waals surface area contributed by atoms with Crippen LogP contribution in [0.2, 0.25) is 0 Å². The standard InChI is InChI=1S/C13H30N6O/c1-12(20)19-11-13-10-17-7-6-15-3-2-14-4-5-16-8-9-18-13/h13-18H,2-11H2,1H3,(H,19,20). The van der Waals surface area contributed by atoms with Gasteiger partial charge in [0.05, 0.1) is 0 Å². The topological polar surface area (TPSA) is 89.2 Å². The van der Waals surface area contributed by atoms with Crippen LogP contribution < -0.4 is 31.9 Å². The van der Waals surface area contributed by atoms with Crippen molar-refractivity contribution >= 4 is 5.91 Å². The summed E-state index contributed by atoms with van der Waals surface area (Å²) in [5, 5.41) is 19.9. The van der Waals surface area contributed by atoms with Crippen molar-refractivity contribution in [1.29, 1.82) is 0 Å². The normalized spacial score (nSPS) is 24.4. The van der Waals surface area contributed by atoms with Gasteiger partial charge in [0.2, 0.25) is 5.91 Å². The van der Waals surface area contributed by atoms with E-state index in [1.54, 1.807) is 6.92 Å². The lowest BCUT2D eigenvalue weighted by atomic mass is 10.2. The van der Waals surface area contributed by atoms with Crippen LogP contribution in [-0.4, -0.2) is 77.4 Å². The van der Waals surface area contributed by atoms with Crippen LogP contribution in [0.4, 0.5) is 0 Å². The molecule has 0 spiro atoms. The second-order valence-electron chi connectivity index (χ2n) is 5.04. The van der Waals surface area contributed by atoms with E-state index in [0.29, 0.717) is 6.54 Å². The molecule has 1 amide bonds. The first kappa shape index (κ1) is 17.3. The fourth-order valence-electron chi connectivity index (χ4n) is 2.03. The Hall–Kier alpha value is -0.730. The fourth-order valence-corrected chi connectivity index (χ4v) is 2.03. The van der Waals surface area contributed by atoms with Gasteiger partial charge in [-0.2, -0.15) is 0 Å². The molecule has 0 bridgehead atoms. The summed E-state index contributed by atoms with van der Waals surface area (Å²) in [5.74, 6) is 0.0218. The maximum atomic E-state index is 11.0. The highest BCUT2D eigenvalue weighted by molar-refractivity contribution is 5.72. The Kier molecular flexibility index (Phi) is 10.4. The molecule has 1 fully saturated rings. The molecule has 1 unspecified atom stereocenters. The van der Waals surface area contributed by atoms with E-state index in [1.165, 1.54) is 0 Å². The van der Waals surface area contributed by atoms with Crippen molar-refractivity contribution in [3.8, 4) is 0 Å². The maximum Gasteiger partial charge on any atom is 0.216 e. The Bertz CT molecular complexity index is 235. The average molecular weight is 286 g/mol. The molecule has 6 N–H and O–H groups in total. The van der Waals surface area contributed by atoms with E-state index in [-0.39, 0.29) is 11.9 Å². The molecule has 0 saturated carbocycles. The largest absolute Gasteiger partial charge is 0.355 e. The Morgan fingerprint density at radius 1 is 0.900 bits per heavy atom. The molecule has 1 rings (SSSR count). The summed E-state index contributed by atoms with van der Waals surface area (Å²) in [7, 11) is 0. The summed E-state index contributed by atoms with van der Waals surface area (Å²) in [6.45, 7) is 10.8. The quantitative estimate of drug-likeness (QED) is 0.335. The van der Waals surface area contributed by atoms with Gasteiger partial charge in [-0.05, 0) is 0 Å². The highest BCUT2D eigenvalue weighted by atomic mass is 16.1. The lowest BCUT2D eigenvalue weighted by Gasteiger charge is -2.20. The van der Waals surface area contributed by atoms with Crippen LogP contribution >= 0.6 is 0 Å². The van der Waals surface area contributed by atoms with Crippen LogP contribution in [0.1, 0.15) is 6.92 Å². The molecule has 1 saturated heterocycles. The SMILES string of the molecule is CC(=O)NCC1CNCCNCCNCCNCCN1. The van der Waals surface area contributed by atoms with E-state index in [1.807, 2.05) is 0 Å². The molecule has 1 heterocycles. The van der Waals surface area contributed by atoms with E-state index < -0.39 is 0 Å². The number of nitrogens with one attached hydrogen (secondary N) is 6. The van der Waals surface area contributed by atoms with Crippen LogP contribution in [0, 0.1) is 0 Å². The number of hydrogen-bond donors (Lipinski definition) is 6. The molecule has 0 aromatic carbocycles. The molecule has 20 heavy (non-hydrogen) atoms. The molecule has 1 atom stereocenters. The van der Waals surface area contributed by atoms with Crippen LogP contribution in [0.15, 0.2) is 0 Å². The van der Waals surface area contributed by atoms with Crippen molar-refractivity contribution in [2.24, 2.45) is 0 Å². The average Bonchev–Trinajstić information content (AvgIpc) is 2.44. The first-order valence-corrected chi connectivity index (χ1v) is 7.59. The predicted octanol–water partition coefficient (Wildman–Crippen LogP) is -2.55. The van der Waals surface area contributed by atoms with Gasteiger partial charge in [0, 0.05) is 78.4 Å². The molecule has 7 nitrogen and oxygen atoms in total. The van der Waals surface area contributed by atoms with Crippen molar-refractivity contribution in [3.05, 3.63) is 0 Å². The van der Waals surface area contributed by atoms with Crippen molar-refractivity contribution in [2.45, 2.75) is 13.0 Å². The minimum absolute atomic E-state index is 0.0218. The monoisotopic (exact) mass is 286 g/mol. The third-order valence-corrected chi connectivity index (χ3v) is 3.16. The Morgan fingerprint density at radius 2 is 1.40 bits per heavy atom. The summed E-state index contributed by atoms with van der Waals surface area (Å²) in [5.41, 5.74) is 0. The van der Waals surface area contributed by atoms with Crippen LogP contribution in [0.5, 0.6) is 0 Å². The molecule has 0 radical (unpaired) electrons. The van der Waals surface area contributed by atoms with Gasteiger partial charge in [-0.25, -0.2) is 0 Å². The zero-order chi connectivity index (χ0) is 14.5. The van der Waals surface area contributed by atoms with Crippen molar-refractivity contribution in [1.82, 2.24) is 31.9 Å². The van der Waals surface area contributed by atoms with Gasteiger partial charge in [-0.1, -0.05) is 0 Å². The minimum Gasteiger partial charge on any atom is -0.355 e. The van der Waals surface area contributed by atoms with Crippen molar-refractivity contribution in [2.75, 3.05) is 65.4 Å². The number of hydrogen-bond acceptors (Lipinski definition) is 6. The van der Waals surface area contributed by atoms with Gasteiger partial charge in [0.1, 0.15) is 0 Å². The molecule has 118 valence electrons. The highest BCUT2D eigenvalue weighted by Crippen LogP contribution is 1.80. The molecule has 0 aromatic rings. The predicted molar refractivity (Wildman–Crippen MR) is 82.0 cm³/mol. The molecule has 0 aromatic heterocycles. The third kappa shape index (κ3) is 10.1. The fraction of sp³-hybridized carbons (Fsp3) is 0.923. The first-order chi connectivity index (χ1) is 9.79. The van der Waals surface area contributed by atoms with Crippen LogP contribution in [0.25, 0.3) is 0 Å². The van der Waals surface area contributed by atoms with Crippen molar-refractivity contribution in [3.63, 3.8) is 0 Å². The number of rotatable bonds is 2. The van der Waals surface area contributed by atoms with E-state index >= 15 is 0 Å². The van der Waals surface area contributed by atoms with Gasteiger partial charge >= 0.3 is 0 Å². The summed E-state index contributed by atoms with van der Waals surface area (Å²) < 4.78 is 0. The van der Waals surface area contributed by atoms with Gasteiger partial charge in [-0.15, -0.1) is 0 Å². The molecule has 0 aliphatic carbocycles. The van der Waals surface area contributed by atoms with Gasteiger partial charge < -0.3 is 31.9 Å². The van der Waals surface area contributed by atoms with Gasteiger partial charge in [0.15, 0.2) is 0 Å². The van der Waals surface area contributed by atoms with E-state index in [9.17, 15) is 4.79 Å². The summed E-state index contributed by atoms with van der Waals surface area (Å²) in [6, 6.07) is 0.268. The van der Waals surface area contributed by atoms with E-state index in [0.717, 1.165) is 58.9 Å². The van der Waals surface area contributed by atoms with Gasteiger partial charge in [-0.3, -0.25) is 4.79 Å². The Labute approximate surface area is 122 Å². The molecule has 7 heteroatoms. The molecule has 1 aliphatic rings. The Morgan fingerprint density at radius 3 is 1.95 bits per heavy atom. The molecular formula is C13H30N6O. The Balaban J connectivity index is 2.26. The lowest BCUT2D eigenvalue weighted by molar-refractivity contribution is -0.119. The first-order valence-electron chi connectivity index (χ1n) is 7.59. The molecule has 1 aliphatic heterocycles. The highest BCUT2D eigenvalue weighted by Gasteiger charge is 2.07. The zero-order valence-electron chi connectivity index (χ0n) is 12.6. The zero-order valence-corrected chi connectivity index (χ0v) is 12.6. The van der Waals surface area contributed by atoms with Crippen molar-refractivity contribution < 1.29 is 4.79 Å². The lowest BCUT2D eigenvalue weighted by Crippen LogP contribution is -2.48. The summed E-state index contributed by atoms with van der Waals surface area (Å²) in [4.78, 5) is 11.0. The van der Waals surface area contributed by atoms with Crippen LogP contribution in [-0.2, 0) is 4.79 Å². The van der Waals surface area contributed by atoms with E-state index in [4.69, 9.17) is 0 Å². The van der Waals surface area contributed by atoms with Crippen LogP contribution in [0.3, 0.4) is 0 Å². The van der Waals surface area contributed by atoms with E-state index in [2.05, 4.69) is 31.9 Å². The smallest absolute Gasteiger partial charge is 0.216 e. The third-order valence-electron chi connectivity index (χ3n) is 3.16. The number of carbonyl (C=O) groups is 1. The second kappa shape index (κ2) is 12.0. The summed E-state index contributed by atoms with van der Waals surface area (Å²) in [6.07, 6.45) is 0. The number of amides is 1. The minimum atomic E-state index is 0.0218. The summed E-state index contributed by atoms with van der Waals surface area (Å²) >= 11 is 0. The maximum absolute atomic E-state index is 11.0. The molecular weight excluding hydrogens is 256 g/mol. The number of carbonyl (C=O) groups excluding carboxylic acids is 1.